The number of halogens is 2. The molecule has 0 unspecified atom stereocenters. The number of benzene rings is 3. The highest BCUT2D eigenvalue weighted by molar-refractivity contribution is 6.09. The first-order valence-electron chi connectivity index (χ1n) is 8.10. The van der Waals surface area contributed by atoms with E-state index in [1.54, 1.807) is 18.2 Å². The largest absolute Gasteiger partial charge is 0.319 e. The van der Waals surface area contributed by atoms with Gasteiger partial charge >= 0.3 is 0 Å². The third-order valence-electron chi connectivity index (χ3n) is 3.87. The van der Waals surface area contributed by atoms with Crippen LogP contribution >= 0.6 is 0 Å². The number of hydrogen-bond acceptors (Lipinski definition) is 2. The summed E-state index contributed by atoms with van der Waals surface area (Å²) in [4.78, 5) is 12.2. The lowest BCUT2D eigenvalue weighted by atomic mass is 10.0. The molecule has 1 amide bonds. The van der Waals surface area contributed by atoms with E-state index >= 15 is 0 Å². The third kappa shape index (κ3) is 4.44. The molecule has 0 radical (unpaired) electrons. The topological polar surface area (TPSA) is 52.9 Å². The third-order valence-corrected chi connectivity index (χ3v) is 3.87. The number of nitrogens with one attached hydrogen (secondary N) is 1. The fourth-order valence-electron chi connectivity index (χ4n) is 2.50. The van der Waals surface area contributed by atoms with Crippen LogP contribution in [-0.2, 0) is 4.79 Å². The van der Waals surface area contributed by atoms with Crippen LogP contribution in [0.4, 0.5) is 14.5 Å². The van der Waals surface area contributed by atoms with Gasteiger partial charge in [0.2, 0.25) is 0 Å². The van der Waals surface area contributed by atoms with Crippen LogP contribution in [0.3, 0.4) is 0 Å². The summed E-state index contributed by atoms with van der Waals surface area (Å²) < 4.78 is 26.6. The molecule has 3 nitrogen and oxygen atoms in total. The zero-order valence-corrected chi connectivity index (χ0v) is 14.1. The molecule has 3 aromatic rings. The van der Waals surface area contributed by atoms with Gasteiger partial charge in [-0.2, -0.15) is 5.26 Å². The van der Waals surface area contributed by atoms with E-state index in [1.165, 1.54) is 6.08 Å². The Balaban J connectivity index is 1.79. The molecule has 0 heterocycles. The zero-order chi connectivity index (χ0) is 19.2. The molecular weight excluding hydrogens is 346 g/mol. The summed E-state index contributed by atoms with van der Waals surface area (Å²) >= 11 is 0. The van der Waals surface area contributed by atoms with E-state index in [0.717, 1.165) is 23.3 Å². The molecule has 0 bridgehead atoms. The maximum absolute atomic E-state index is 13.7. The Hall–Kier alpha value is -3.78. The van der Waals surface area contributed by atoms with Gasteiger partial charge in [-0.25, -0.2) is 8.78 Å². The van der Waals surface area contributed by atoms with Crippen molar-refractivity contribution in [2.45, 2.75) is 0 Å². The number of carbonyl (C=O) groups excluding carboxylic acids is 1. The van der Waals surface area contributed by atoms with Gasteiger partial charge in [-0.3, -0.25) is 4.79 Å². The first kappa shape index (κ1) is 18.0. The molecule has 3 rings (SSSR count). The van der Waals surface area contributed by atoms with Crippen molar-refractivity contribution < 1.29 is 13.6 Å². The molecule has 3 aromatic carbocycles. The number of carbonyl (C=O) groups is 1. The van der Waals surface area contributed by atoms with Crippen molar-refractivity contribution in [1.82, 2.24) is 0 Å². The lowest BCUT2D eigenvalue weighted by Gasteiger charge is -2.06. The SMILES string of the molecule is N#C/C(=C\c1ccc(-c2ccccc2)cc1)C(=O)Nc1ccc(F)cc1F. The Morgan fingerprint density at radius 2 is 1.59 bits per heavy atom. The van der Waals surface area contributed by atoms with E-state index in [1.807, 2.05) is 42.5 Å². The highest BCUT2D eigenvalue weighted by Gasteiger charge is 2.12. The summed E-state index contributed by atoms with van der Waals surface area (Å²) in [6.07, 6.45) is 1.41. The van der Waals surface area contributed by atoms with Crippen LogP contribution < -0.4 is 5.32 Å². The average molecular weight is 360 g/mol. The lowest BCUT2D eigenvalue weighted by Crippen LogP contribution is -2.14. The molecule has 5 heteroatoms. The standard InChI is InChI=1S/C22H14F2N2O/c23-19-10-11-21(20(24)13-19)26-22(27)18(14-25)12-15-6-8-17(9-7-15)16-4-2-1-3-5-16/h1-13H,(H,26,27)/b18-12+. The lowest BCUT2D eigenvalue weighted by molar-refractivity contribution is -0.112. The minimum Gasteiger partial charge on any atom is -0.319 e. The van der Waals surface area contributed by atoms with Gasteiger partial charge in [0.15, 0.2) is 0 Å². The molecule has 0 aliphatic rings. The Morgan fingerprint density at radius 3 is 2.22 bits per heavy atom. The van der Waals surface area contributed by atoms with Gasteiger partial charge in [0.05, 0.1) is 5.69 Å². The maximum atomic E-state index is 13.7. The van der Waals surface area contributed by atoms with Crippen LogP contribution in [0.25, 0.3) is 17.2 Å². The molecule has 0 spiro atoms. The van der Waals surface area contributed by atoms with Crippen LogP contribution in [-0.4, -0.2) is 5.91 Å². The second kappa shape index (κ2) is 8.07. The zero-order valence-electron chi connectivity index (χ0n) is 14.1. The second-order valence-corrected chi connectivity index (χ2v) is 5.74. The summed E-state index contributed by atoms with van der Waals surface area (Å²) in [6.45, 7) is 0. The molecule has 1 N–H and O–H groups in total. The quantitative estimate of drug-likeness (QED) is 0.515. The summed E-state index contributed by atoms with van der Waals surface area (Å²) in [5.74, 6) is -2.43. The number of hydrogen-bond donors (Lipinski definition) is 1. The summed E-state index contributed by atoms with van der Waals surface area (Å²) in [6, 6.07) is 21.7. The molecule has 0 fully saturated rings. The predicted octanol–water partition coefficient (Wildman–Crippen LogP) is 5.18. The van der Waals surface area contributed by atoms with Gasteiger partial charge in [0, 0.05) is 6.07 Å². The summed E-state index contributed by atoms with van der Waals surface area (Å²) in [7, 11) is 0. The summed E-state index contributed by atoms with van der Waals surface area (Å²) in [5.41, 5.74) is 2.33. The minimum absolute atomic E-state index is 0.189. The Kier molecular flexibility index (Phi) is 5.38. The average Bonchev–Trinajstić information content (AvgIpc) is 2.69. The van der Waals surface area contributed by atoms with Crippen molar-refractivity contribution in [2.75, 3.05) is 5.32 Å². The molecule has 27 heavy (non-hydrogen) atoms. The van der Waals surface area contributed by atoms with Crippen LogP contribution in [0, 0.1) is 23.0 Å². The van der Waals surface area contributed by atoms with E-state index in [-0.39, 0.29) is 11.3 Å². The van der Waals surface area contributed by atoms with Crippen LogP contribution in [0.2, 0.25) is 0 Å². The Bertz CT molecular complexity index is 1040. The van der Waals surface area contributed by atoms with Crippen molar-refractivity contribution >= 4 is 17.7 Å². The number of nitriles is 1. The molecular formula is C22H14F2N2O. The highest BCUT2D eigenvalue weighted by atomic mass is 19.1. The van der Waals surface area contributed by atoms with Crippen molar-refractivity contribution in [1.29, 1.82) is 5.26 Å². The van der Waals surface area contributed by atoms with Gasteiger partial charge in [-0.05, 0) is 34.9 Å². The molecule has 0 aromatic heterocycles. The second-order valence-electron chi connectivity index (χ2n) is 5.74. The number of rotatable bonds is 4. The predicted molar refractivity (Wildman–Crippen MR) is 100 cm³/mol. The van der Waals surface area contributed by atoms with E-state index in [2.05, 4.69) is 5.32 Å². The summed E-state index contributed by atoms with van der Waals surface area (Å²) in [5, 5.41) is 11.5. The van der Waals surface area contributed by atoms with Gasteiger partial charge in [-0.1, -0.05) is 54.6 Å². The van der Waals surface area contributed by atoms with Crippen LogP contribution in [0.1, 0.15) is 5.56 Å². The van der Waals surface area contributed by atoms with Crippen LogP contribution in [0.15, 0.2) is 78.4 Å². The smallest absolute Gasteiger partial charge is 0.266 e. The molecule has 0 atom stereocenters. The molecule has 132 valence electrons. The monoisotopic (exact) mass is 360 g/mol. The fraction of sp³-hybridized carbons (Fsp3) is 0. The first-order chi connectivity index (χ1) is 13.1. The molecule has 0 saturated carbocycles. The van der Waals surface area contributed by atoms with Crippen LogP contribution in [0.5, 0.6) is 0 Å². The van der Waals surface area contributed by atoms with E-state index in [4.69, 9.17) is 0 Å². The van der Waals surface area contributed by atoms with Gasteiger partial charge in [0.1, 0.15) is 23.3 Å². The highest BCUT2D eigenvalue weighted by Crippen LogP contribution is 2.21. The number of anilines is 1. The normalized spacial score (nSPS) is 10.9. The van der Waals surface area contributed by atoms with Crippen molar-refractivity contribution in [3.63, 3.8) is 0 Å². The van der Waals surface area contributed by atoms with Crippen molar-refractivity contribution in [2.24, 2.45) is 0 Å². The molecule has 0 aliphatic carbocycles. The fourth-order valence-corrected chi connectivity index (χ4v) is 2.50. The van der Waals surface area contributed by atoms with Gasteiger partial charge < -0.3 is 5.32 Å². The minimum atomic E-state index is -0.909. The maximum Gasteiger partial charge on any atom is 0.266 e. The van der Waals surface area contributed by atoms with Crippen molar-refractivity contribution in [3.05, 3.63) is 95.6 Å². The van der Waals surface area contributed by atoms with Crippen molar-refractivity contribution in [3.8, 4) is 17.2 Å². The van der Waals surface area contributed by atoms with Gasteiger partial charge in [0.25, 0.3) is 5.91 Å². The molecule has 0 aliphatic heterocycles. The Labute approximate surface area is 155 Å². The number of amides is 1. The van der Waals surface area contributed by atoms with Gasteiger partial charge in [-0.15, -0.1) is 0 Å². The van der Waals surface area contributed by atoms with E-state index in [0.29, 0.717) is 11.6 Å². The first-order valence-corrected chi connectivity index (χ1v) is 8.10. The number of nitrogens with zero attached hydrogens (tertiary/aromatic N) is 1. The molecule has 0 saturated heterocycles. The van der Waals surface area contributed by atoms with E-state index in [9.17, 15) is 18.8 Å². The Morgan fingerprint density at radius 1 is 0.926 bits per heavy atom. The van der Waals surface area contributed by atoms with E-state index < -0.39 is 17.5 Å².